The van der Waals surface area contributed by atoms with Crippen molar-refractivity contribution in [2.75, 3.05) is 19.0 Å². The number of halogens is 1. The molecule has 3 nitrogen and oxygen atoms in total. The smallest absolute Gasteiger partial charge is 0.133 e. The van der Waals surface area contributed by atoms with Crippen molar-refractivity contribution in [1.82, 2.24) is 9.97 Å². The largest absolute Gasteiger partial charge is 0.378 e. The number of nitrogens with zero attached hydrogens (tertiary/aromatic N) is 3. The quantitative estimate of drug-likeness (QED) is 0.793. The summed E-state index contributed by atoms with van der Waals surface area (Å²) in [4.78, 5) is 10.7. The average molecular weight is 262 g/mol. The molecule has 0 radical (unpaired) electrons. The third kappa shape index (κ3) is 2.79. The van der Waals surface area contributed by atoms with Crippen LogP contribution in [0.1, 0.15) is 12.7 Å². The number of benzene rings is 1. The highest BCUT2D eigenvalue weighted by Crippen LogP contribution is 2.22. The zero-order chi connectivity index (χ0) is 13.1. The van der Waals surface area contributed by atoms with Crippen LogP contribution in [0.5, 0.6) is 0 Å². The molecule has 1 heterocycles. The molecular formula is C14H16ClN3. The SMILES string of the molecule is CCc1nc(Cl)cc(-c2ccc(N(C)C)cc2)n1. The Balaban J connectivity index is 2.39. The summed E-state index contributed by atoms with van der Waals surface area (Å²) in [5, 5.41) is 0.494. The minimum Gasteiger partial charge on any atom is -0.378 e. The first kappa shape index (κ1) is 12.8. The van der Waals surface area contributed by atoms with Crippen LogP contribution in [0.2, 0.25) is 5.15 Å². The zero-order valence-electron chi connectivity index (χ0n) is 10.8. The molecule has 94 valence electrons. The van der Waals surface area contributed by atoms with Gasteiger partial charge in [-0.25, -0.2) is 9.97 Å². The minimum absolute atomic E-state index is 0.494. The first-order valence-electron chi connectivity index (χ1n) is 5.91. The third-order valence-corrected chi connectivity index (χ3v) is 2.93. The molecule has 0 bridgehead atoms. The highest BCUT2D eigenvalue weighted by molar-refractivity contribution is 6.29. The van der Waals surface area contributed by atoms with E-state index in [1.54, 1.807) is 6.07 Å². The Morgan fingerprint density at radius 1 is 1.11 bits per heavy atom. The van der Waals surface area contributed by atoms with Crippen molar-refractivity contribution in [3.63, 3.8) is 0 Å². The lowest BCUT2D eigenvalue weighted by molar-refractivity contribution is 0.943. The molecule has 0 N–H and O–H groups in total. The highest BCUT2D eigenvalue weighted by Gasteiger charge is 2.05. The van der Waals surface area contributed by atoms with Crippen LogP contribution in [0.4, 0.5) is 5.69 Å². The second kappa shape index (κ2) is 5.36. The molecule has 0 aliphatic carbocycles. The molecule has 0 aliphatic rings. The van der Waals surface area contributed by atoms with Crippen molar-refractivity contribution in [3.05, 3.63) is 41.3 Å². The third-order valence-electron chi connectivity index (χ3n) is 2.74. The maximum absolute atomic E-state index is 6.00. The van der Waals surface area contributed by atoms with E-state index in [-0.39, 0.29) is 0 Å². The van der Waals surface area contributed by atoms with Gasteiger partial charge in [0, 0.05) is 37.8 Å². The van der Waals surface area contributed by atoms with Gasteiger partial charge in [-0.2, -0.15) is 0 Å². The summed E-state index contributed by atoms with van der Waals surface area (Å²) >= 11 is 6.00. The van der Waals surface area contributed by atoms with E-state index in [0.717, 1.165) is 29.2 Å². The Bertz CT molecular complexity index is 535. The fraction of sp³-hybridized carbons (Fsp3) is 0.286. The Labute approximate surface area is 112 Å². The molecule has 0 saturated heterocycles. The monoisotopic (exact) mass is 261 g/mol. The van der Waals surface area contributed by atoms with Crippen molar-refractivity contribution >= 4 is 17.3 Å². The summed E-state index contributed by atoms with van der Waals surface area (Å²) in [6.07, 6.45) is 0.781. The molecular weight excluding hydrogens is 246 g/mol. The average Bonchev–Trinajstić information content (AvgIpc) is 2.38. The van der Waals surface area contributed by atoms with E-state index in [4.69, 9.17) is 11.6 Å². The molecule has 0 fully saturated rings. The topological polar surface area (TPSA) is 29.0 Å². The summed E-state index contributed by atoms with van der Waals surface area (Å²) in [5.74, 6) is 0.772. The Kier molecular flexibility index (Phi) is 3.82. The van der Waals surface area contributed by atoms with Gasteiger partial charge in [0.1, 0.15) is 11.0 Å². The first-order valence-corrected chi connectivity index (χ1v) is 6.29. The molecule has 1 aromatic carbocycles. The van der Waals surface area contributed by atoms with E-state index < -0.39 is 0 Å². The van der Waals surface area contributed by atoms with Crippen LogP contribution < -0.4 is 4.90 Å². The van der Waals surface area contributed by atoms with Gasteiger partial charge in [-0.05, 0) is 12.1 Å². The molecule has 0 aliphatic heterocycles. The number of rotatable bonds is 3. The zero-order valence-corrected chi connectivity index (χ0v) is 11.6. The molecule has 2 aromatic rings. The normalized spacial score (nSPS) is 10.4. The van der Waals surface area contributed by atoms with Gasteiger partial charge in [-0.1, -0.05) is 30.7 Å². The molecule has 0 unspecified atom stereocenters. The first-order chi connectivity index (χ1) is 8.60. The predicted molar refractivity (Wildman–Crippen MR) is 76.2 cm³/mol. The fourth-order valence-electron chi connectivity index (χ4n) is 1.70. The Morgan fingerprint density at radius 2 is 1.78 bits per heavy atom. The number of aromatic nitrogens is 2. The van der Waals surface area contributed by atoms with Crippen molar-refractivity contribution in [1.29, 1.82) is 0 Å². The van der Waals surface area contributed by atoms with E-state index in [2.05, 4.69) is 27.0 Å². The van der Waals surface area contributed by atoms with E-state index in [1.807, 2.05) is 33.2 Å². The van der Waals surface area contributed by atoms with Gasteiger partial charge in [0.05, 0.1) is 5.69 Å². The van der Waals surface area contributed by atoms with Gasteiger partial charge in [0.25, 0.3) is 0 Å². The standard InChI is InChI=1S/C14H16ClN3/c1-4-14-16-12(9-13(15)17-14)10-5-7-11(8-6-10)18(2)3/h5-9H,4H2,1-3H3. The Morgan fingerprint density at radius 3 is 2.33 bits per heavy atom. The Hall–Kier alpha value is -1.61. The molecule has 4 heteroatoms. The van der Waals surface area contributed by atoms with E-state index >= 15 is 0 Å². The summed E-state index contributed by atoms with van der Waals surface area (Å²) in [6.45, 7) is 2.02. The van der Waals surface area contributed by atoms with Crippen LogP contribution in [0.25, 0.3) is 11.3 Å². The lowest BCUT2D eigenvalue weighted by Crippen LogP contribution is -2.08. The van der Waals surface area contributed by atoms with Crippen LogP contribution >= 0.6 is 11.6 Å². The summed E-state index contributed by atoms with van der Waals surface area (Å²) < 4.78 is 0. The second-order valence-electron chi connectivity index (χ2n) is 4.29. The summed E-state index contributed by atoms with van der Waals surface area (Å²) in [7, 11) is 4.04. The van der Waals surface area contributed by atoms with Crippen molar-refractivity contribution in [2.45, 2.75) is 13.3 Å². The molecule has 2 rings (SSSR count). The van der Waals surface area contributed by atoms with Gasteiger partial charge in [-0.15, -0.1) is 0 Å². The molecule has 0 atom stereocenters. The van der Waals surface area contributed by atoms with E-state index in [0.29, 0.717) is 5.15 Å². The van der Waals surface area contributed by atoms with Crippen molar-refractivity contribution < 1.29 is 0 Å². The van der Waals surface area contributed by atoms with Crippen molar-refractivity contribution in [2.24, 2.45) is 0 Å². The summed E-state index contributed by atoms with van der Waals surface area (Å²) in [5.41, 5.74) is 3.09. The number of hydrogen-bond acceptors (Lipinski definition) is 3. The molecule has 1 aromatic heterocycles. The van der Waals surface area contributed by atoms with Crippen LogP contribution in [0, 0.1) is 0 Å². The summed E-state index contributed by atoms with van der Waals surface area (Å²) in [6, 6.07) is 10.0. The van der Waals surface area contributed by atoms with Crippen LogP contribution in [-0.2, 0) is 6.42 Å². The molecule has 18 heavy (non-hydrogen) atoms. The number of hydrogen-bond donors (Lipinski definition) is 0. The van der Waals surface area contributed by atoms with Crippen molar-refractivity contribution in [3.8, 4) is 11.3 Å². The highest BCUT2D eigenvalue weighted by atomic mass is 35.5. The molecule has 0 spiro atoms. The van der Waals surface area contributed by atoms with Gasteiger partial charge < -0.3 is 4.90 Å². The number of aryl methyl sites for hydroxylation is 1. The van der Waals surface area contributed by atoms with Crippen LogP contribution in [-0.4, -0.2) is 24.1 Å². The fourth-order valence-corrected chi connectivity index (χ4v) is 1.90. The van der Waals surface area contributed by atoms with Gasteiger partial charge in [-0.3, -0.25) is 0 Å². The van der Waals surface area contributed by atoms with Gasteiger partial charge in [0.2, 0.25) is 0 Å². The maximum Gasteiger partial charge on any atom is 0.133 e. The van der Waals surface area contributed by atoms with Gasteiger partial charge in [0.15, 0.2) is 0 Å². The van der Waals surface area contributed by atoms with E-state index in [1.165, 1.54) is 0 Å². The predicted octanol–water partition coefficient (Wildman–Crippen LogP) is 3.43. The van der Waals surface area contributed by atoms with Crippen LogP contribution in [0.3, 0.4) is 0 Å². The molecule has 0 saturated carbocycles. The number of anilines is 1. The second-order valence-corrected chi connectivity index (χ2v) is 4.67. The van der Waals surface area contributed by atoms with Gasteiger partial charge >= 0.3 is 0 Å². The molecule has 0 amide bonds. The maximum atomic E-state index is 6.00. The van der Waals surface area contributed by atoms with Crippen LogP contribution in [0.15, 0.2) is 30.3 Å². The lowest BCUT2D eigenvalue weighted by Gasteiger charge is -2.12. The van der Waals surface area contributed by atoms with E-state index in [9.17, 15) is 0 Å². The minimum atomic E-state index is 0.494. The lowest BCUT2D eigenvalue weighted by atomic mass is 10.1.